The summed E-state index contributed by atoms with van der Waals surface area (Å²) < 4.78 is 2.36. The summed E-state index contributed by atoms with van der Waals surface area (Å²) in [6.45, 7) is 5.49. The second-order valence-corrected chi connectivity index (χ2v) is 7.36. The average molecular weight is 394 g/mol. The van der Waals surface area contributed by atoms with Crippen molar-refractivity contribution in [3.8, 4) is 5.95 Å². The predicted octanol–water partition coefficient (Wildman–Crippen LogP) is 3.00. The molecule has 3 heterocycles. The van der Waals surface area contributed by atoms with E-state index in [1.165, 1.54) is 16.0 Å². The summed E-state index contributed by atoms with van der Waals surface area (Å²) >= 11 is 1.32. The number of aryl methyl sites for hydroxylation is 2. The zero-order valence-corrected chi connectivity index (χ0v) is 16.4. The number of nitrogens with one attached hydrogen (secondary N) is 2. The maximum absolute atomic E-state index is 12.7. The average Bonchev–Trinajstić information content (AvgIpc) is 3.24. The van der Waals surface area contributed by atoms with Crippen molar-refractivity contribution in [3.05, 3.63) is 62.6 Å². The third kappa shape index (κ3) is 3.20. The Balaban J connectivity index is 1.70. The van der Waals surface area contributed by atoms with Crippen LogP contribution in [0.1, 0.15) is 33.7 Å². The SMILES string of the molecule is CCc1c(C)nc(-n2nc(C)cc2NC(=O)c2nc3ccccc3s2)[nH]c1=O. The van der Waals surface area contributed by atoms with E-state index in [-0.39, 0.29) is 17.4 Å². The molecule has 0 spiro atoms. The maximum Gasteiger partial charge on any atom is 0.285 e. The Morgan fingerprint density at radius 2 is 2.04 bits per heavy atom. The molecule has 1 amide bonds. The zero-order valence-electron chi connectivity index (χ0n) is 15.6. The molecule has 2 N–H and O–H groups in total. The number of hydrogen-bond donors (Lipinski definition) is 2. The first kappa shape index (κ1) is 18.1. The number of aromatic amines is 1. The minimum atomic E-state index is -0.341. The summed E-state index contributed by atoms with van der Waals surface area (Å²) in [7, 11) is 0. The van der Waals surface area contributed by atoms with E-state index >= 15 is 0 Å². The van der Waals surface area contributed by atoms with Crippen molar-refractivity contribution >= 4 is 33.3 Å². The number of aromatic nitrogens is 5. The van der Waals surface area contributed by atoms with Crippen molar-refractivity contribution < 1.29 is 4.79 Å². The van der Waals surface area contributed by atoms with Crippen molar-refractivity contribution in [1.29, 1.82) is 0 Å². The lowest BCUT2D eigenvalue weighted by Gasteiger charge is -2.09. The van der Waals surface area contributed by atoms with Gasteiger partial charge in [-0.25, -0.2) is 9.97 Å². The third-order valence-electron chi connectivity index (χ3n) is 4.33. The molecule has 0 saturated carbocycles. The first-order valence-corrected chi connectivity index (χ1v) is 9.61. The molecule has 0 saturated heterocycles. The van der Waals surface area contributed by atoms with Gasteiger partial charge in [-0.15, -0.1) is 11.3 Å². The Hall–Kier alpha value is -3.33. The molecule has 0 aliphatic heterocycles. The number of amides is 1. The number of rotatable bonds is 4. The van der Waals surface area contributed by atoms with Crippen molar-refractivity contribution in [3.63, 3.8) is 0 Å². The Morgan fingerprint density at radius 1 is 1.25 bits per heavy atom. The highest BCUT2D eigenvalue weighted by atomic mass is 32.1. The molecule has 0 fully saturated rings. The minimum Gasteiger partial charge on any atom is -0.304 e. The van der Waals surface area contributed by atoms with Gasteiger partial charge < -0.3 is 5.32 Å². The lowest BCUT2D eigenvalue weighted by molar-refractivity contribution is 0.102. The Labute approximate surface area is 164 Å². The second-order valence-electron chi connectivity index (χ2n) is 6.33. The number of carbonyl (C=O) groups excluding carboxylic acids is 1. The molecule has 0 radical (unpaired) electrons. The maximum atomic E-state index is 12.7. The summed E-state index contributed by atoms with van der Waals surface area (Å²) in [6.07, 6.45) is 0.591. The number of nitrogens with zero attached hydrogens (tertiary/aromatic N) is 4. The van der Waals surface area contributed by atoms with Crippen LogP contribution in [0.2, 0.25) is 0 Å². The van der Waals surface area contributed by atoms with Crippen LogP contribution in [-0.2, 0) is 6.42 Å². The largest absolute Gasteiger partial charge is 0.304 e. The molecule has 9 heteroatoms. The lowest BCUT2D eigenvalue weighted by atomic mass is 10.2. The predicted molar refractivity (Wildman–Crippen MR) is 108 cm³/mol. The van der Waals surface area contributed by atoms with Crippen LogP contribution < -0.4 is 10.9 Å². The Morgan fingerprint density at radius 3 is 2.75 bits per heavy atom. The molecule has 1 aromatic carbocycles. The Kier molecular flexibility index (Phi) is 4.52. The van der Waals surface area contributed by atoms with Crippen molar-refractivity contribution in [2.75, 3.05) is 5.32 Å². The smallest absolute Gasteiger partial charge is 0.285 e. The van der Waals surface area contributed by atoms with E-state index in [0.29, 0.717) is 34.2 Å². The highest BCUT2D eigenvalue weighted by Gasteiger charge is 2.18. The molecular weight excluding hydrogens is 376 g/mol. The van der Waals surface area contributed by atoms with Gasteiger partial charge in [0.1, 0.15) is 5.82 Å². The van der Waals surface area contributed by atoms with Gasteiger partial charge in [0.05, 0.1) is 15.9 Å². The van der Waals surface area contributed by atoms with Gasteiger partial charge in [0.15, 0.2) is 5.01 Å². The monoisotopic (exact) mass is 394 g/mol. The normalized spacial score (nSPS) is 11.1. The molecule has 4 rings (SSSR count). The fourth-order valence-electron chi connectivity index (χ4n) is 3.00. The minimum absolute atomic E-state index is 0.207. The van der Waals surface area contributed by atoms with Crippen LogP contribution in [0.25, 0.3) is 16.2 Å². The standard InChI is InChI=1S/C19H18N6O2S/c1-4-12-11(3)20-19(23-16(12)26)25-15(9-10(2)24-25)22-17(27)18-21-13-7-5-6-8-14(13)28-18/h5-9H,4H2,1-3H3,(H,22,27)(H,20,23,26). The van der Waals surface area contributed by atoms with Gasteiger partial charge in [0.2, 0.25) is 5.95 Å². The molecule has 8 nitrogen and oxygen atoms in total. The van der Waals surface area contributed by atoms with Gasteiger partial charge in [-0.1, -0.05) is 19.1 Å². The van der Waals surface area contributed by atoms with E-state index in [4.69, 9.17) is 0 Å². The molecule has 0 unspecified atom stereocenters. The number of thiazole rings is 1. The zero-order chi connectivity index (χ0) is 19.8. The number of carbonyl (C=O) groups is 1. The van der Waals surface area contributed by atoms with Crippen LogP contribution in [-0.4, -0.2) is 30.6 Å². The van der Waals surface area contributed by atoms with Gasteiger partial charge in [0.25, 0.3) is 11.5 Å². The van der Waals surface area contributed by atoms with E-state index in [1.807, 2.05) is 31.2 Å². The number of hydrogen-bond acceptors (Lipinski definition) is 6. The number of para-hydroxylation sites is 1. The molecule has 0 aliphatic rings. The molecule has 0 atom stereocenters. The van der Waals surface area contributed by atoms with Gasteiger partial charge in [0, 0.05) is 17.3 Å². The fraction of sp³-hybridized carbons (Fsp3) is 0.211. The fourth-order valence-corrected chi connectivity index (χ4v) is 3.86. The van der Waals surface area contributed by atoms with E-state index in [0.717, 1.165) is 10.2 Å². The molecular formula is C19H18N6O2S. The molecule has 0 bridgehead atoms. The second kappa shape index (κ2) is 7.01. The Bertz CT molecular complexity index is 1220. The molecule has 28 heavy (non-hydrogen) atoms. The van der Waals surface area contributed by atoms with Crippen LogP contribution >= 0.6 is 11.3 Å². The van der Waals surface area contributed by atoms with E-state index in [9.17, 15) is 9.59 Å². The van der Waals surface area contributed by atoms with Crippen LogP contribution in [0.4, 0.5) is 5.82 Å². The van der Waals surface area contributed by atoms with Crippen LogP contribution in [0, 0.1) is 13.8 Å². The van der Waals surface area contributed by atoms with Gasteiger partial charge >= 0.3 is 0 Å². The van der Waals surface area contributed by atoms with E-state index in [2.05, 4.69) is 25.4 Å². The number of fused-ring (bicyclic) bond motifs is 1. The first-order chi connectivity index (χ1) is 13.5. The summed E-state index contributed by atoms with van der Waals surface area (Å²) in [5, 5.41) is 7.53. The van der Waals surface area contributed by atoms with Crippen LogP contribution in [0.15, 0.2) is 35.1 Å². The van der Waals surface area contributed by atoms with E-state index in [1.54, 1.807) is 19.9 Å². The first-order valence-electron chi connectivity index (χ1n) is 8.80. The van der Waals surface area contributed by atoms with Crippen molar-refractivity contribution in [2.45, 2.75) is 27.2 Å². The summed E-state index contributed by atoms with van der Waals surface area (Å²) in [6, 6.07) is 9.29. The van der Waals surface area contributed by atoms with Crippen molar-refractivity contribution in [1.82, 2.24) is 24.7 Å². The molecule has 142 valence electrons. The van der Waals surface area contributed by atoms with Gasteiger partial charge in [-0.2, -0.15) is 9.78 Å². The number of anilines is 1. The highest BCUT2D eigenvalue weighted by Crippen LogP contribution is 2.23. The summed E-state index contributed by atoms with van der Waals surface area (Å²) in [5.41, 5.74) is 2.52. The number of H-pyrrole nitrogens is 1. The molecule has 0 aliphatic carbocycles. The topological polar surface area (TPSA) is 106 Å². The quantitative estimate of drug-likeness (QED) is 0.553. The number of benzene rings is 1. The highest BCUT2D eigenvalue weighted by molar-refractivity contribution is 7.20. The van der Waals surface area contributed by atoms with Gasteiger partial charge in [-0.05, 0) is 32.4 Å². The van der Waals surface area contributed by atoms with Gasteiger partial charge in [-0.3, -0.25) is 14.6 Å². The van der Waals surface area contributed by atoms with Crippen LogP contribution in [0.3, 0.4) is 0 Å². The molecule has 4 aromatic rings. The van der Waals surface area contributed by atoms with Crippen molar-refractivity contribution in [2.24, 2.45) is 0 Å². The van der Waals surface area contributed by atoms with E-state index < -0.39 is 0 Å². The third-order valence-corrected chi connectivity index (χ3v) is 5.36. The summed E-state index contributed by atoms with van der Waals surface area (Å²) in [5.74, 6) is 0.326. The molecule has 3 aromatic heterocycles. The summed E-state index contributed by atoms with van der Waals surface area (Å²) in [4.78, 5) is 36.6. The lowest BCUT2D eigenvalue weighted by Crippen LogP contribution is -2.21. The van der Waals surface area contributed by atoms with Crippen LogP contribution in [0.5, 0.6) is 0 Å².